The highest BCUT2D eigenvalue weighted by molar-refractivity contribution is 8.14. The summed E-state index contributed by atoms with van der Waals surface area (Å²) >= 11 is 1.77. The first-order chi connectivity index (χ1) is 11.3. The normalized spacial score (nSPS) is 18.9. The molecule has 0 spiro atoms. The van der Waals surface area contributed by atoms with E-state index in [1.165, 1.54) is 6.07 Å². The Morgan fingerprint density at radius 3 is 2.56 bits per heavy atom. The Balaban J connectivity index is 0.00000312. The topological polar surface area (TPSA) is 58.7 Å². The Morgan fingerprint density at radius 1 is 1.32 bits per heavy atom. The molecule has 0 N–H and O–H groups in total. The zero-order chi connectivity index (χ0) is 17.9. The van der Waals surface area contributed by atoms with Crippen LogP contribution >= 0.6 is 24.2 Å². The fraction of sp³-hybridized carbons (Fsp3) is 0.611. The summed E-state index contributed by atoms with van der Waals surface area (Å²) < 4.78 is 0. The van der Waals surface area contributed by atoms with Crippen molar-refractivity contribution < 1.29 is 4.92 Å². The summed E-state index contributed by atoms with van der Waals surface area (Å²) in [4.78, 5) is 17.9. The first-order valence-electron chi connectivity index (χ1n) is 8.51. The number of benzene rings is 1. The van der Waals surface area contributed by atoms with Crippen molar-refractivity contribution in [1.29, 1.82) is 0 Å². The SMILES string of the molecule is Cc1ccc([N+](=O)[O-])cc1N=C1SC[C@@H](CC(C)C)N1CC(C)C.Cl. The van der Waals surface area contributed by atoms with E-state index in [-0.39, 0.29) is 23.0 Å². The number of hydrogen-bond acceptors (Lipinski definition) is 4. The number of aliphatic imine (C=N–C) groups is 1. The quantitative estimate of drug-likeness (QED) is 0.483. The molecule has 1 aliphatic rings. The van der Waals surface area contributed by atoms with Crippen molar-refractivity contribution in [3.63, 3.8) is 0 Å². The van der Waals surface area contributed by atoms with Gasteiger partial charge in [0.2, 0.25) is 0 Å². The van der Waals surface area contributed by atoms with E-state index in [0.717, 1.165) is 29.4 Å². The monoisotopic (exact) mass is 385 g/mol. The third-order valence-corrected chi connectivity index (χ3v) is 5.15. The second-order valence-corrected chi connectivity index (χ2v) is 8.25. The molecule has 140 valence electrons. The van der Waals surface area contributed by atoms with Gasteiger partial charge in [-0.2, -0.15) is 0 Å². The van der Waals surface area contributed by atoms with Crippen molar-refractivity contribution >= 4 is 40.7 Å². The molecule has 0 unspecified atom stereocenters. The lowest BCUT2D eigenvalue weighted by Gasteiger charge is -2.28. The van der Waals surface area contributed by atoms with Gasteiger partial charge in [0.25, 0.3) is 5.69 Å². The van der Waals surface area contributed by atoms with Gasteiger partial charge in [-0.15, -0.1) is 12.4 Å². The predicted octanol–water partition coefficient (Wildman–Crippen LogP) is 5.43. The molecule has 1 aromatic rings. The van der Waals surface area contributed by atoms with Gasteiger partial charge >= 0.3 is 0 Å². The van der Waals surface area contributed by atoms with E-state index in [4.69, 9.17) is 4.99 Å². The molecule has 5 nitrogen and oxygen atoms in total. The number of non-ortho nitro benzene ring substituents is 1. The summed E-state index contributed by atoms with van der Waals surface area (Å²) in [6.45, 7) is 11.8. The Labute approximate surface area is 160 Å². The number of amidine groups is 1. The number of aryl methyl sites for hydroxylation is 1. The lowest BCUT2D eigenvalue weighted by molar-refractivity contribution is -0.384. The maximum atomic E-state index is 11.0. The van der Waals surface area contributed by atoms with Crippen LogP contribution in [0.5, 0.6) is 0 Å². The maximum absolute atomic E-state index is 11.0. The number of nitro benzene ring substituents is 1. The summed E-state index contributed by atoms with van der Waals surface area (Å²) in [7, 11) is 0. The van der Waals surface area contributed by atoms with Gasteiger partial charge in [-0.05, 0) is 30.7 Å². The van der Waals surface area contributed by atoms with Crippen LogP contribution < -0.4 is 0 Å². The molecule has 0 bridgehead atoms. The lowest BCUT2D eigenvalue weighted by Crippen LogP contribution is -2.37. The summed E-state index contributed by atoms with van der Waals surface area (Å²) in [5.41, 5.74) is 1.76. The van der Waals surface area contributed by atoms with Crippen molar-refractivity contribution in [2.45, 2.75) is 47.1 Å². The third kappa shape index (κ3) is 5.89. The minimum Gasteiger partial charge on any atom is -0.347 e. The second kappa shape index (κ2) is 9.43. The lowest BCUT2D eigenvalue weighted by atomic mass is 10.0. The number of hydrogen-bond donors (Lipinski definition) is 0. The van der Waals surface area contributed by atoms with Crippen LogP contribution in [0.3, 0.4) is 0 Å². The summed E-state index contributed by atoms with van der Waals surface area (Å²) in [6, 6.07) is 5.38. The van der Waals surface area contributed by atoms with Crippen molar-refractivity contribution in [1.82, 2.24) is 4.90 Å². The number of nitro groups is 1. The van der Waals surface area contributed by atoms with Gasteiger partial charge in [-0.3, -0.25) is 10.1 Å². The highest BCUT2D eigenvalue weighted by Crippen LogP contribution is 2.33. The van der Waals surface area contributed by atoms with Gasteiger partial charge in [0.1, 0.15) is 0 Å². The van der Waals surface area contributed by atoms with Crippen LogP contribution in [0.25, 0.3) is 0 Å². The van der Waals surface area contributed by atoms with E-state index < -0.39 is 0 Å². The average molecular weight is 386 g/mol. The molecule has 25 heavy (non-hydrogen) atoms. The van der Waals surface area contributed by atoms with Gasteiger partial charge < -0.3 is 4.90 Å². The fourth-order valence-corrected chi connectivity index (χ4v) is 4.10. The first kappa shape index (κ1) is 21.8. The first-order valence-corrected chi connectivity index (χ1v) is 9.49. The number of thioether (sulfide) groups is 1. The molecule has 0 radical (unpaired) electrons. The van der Waals surface area contributed by atoms with Crippen LogP contribution in [0.1, 0.15) is 39.7 Å². The number of nitrogens with zero attached hydrogens (tertiary/aromatic N) is 3. The van der Waals surface area contributed by atoms with Crippen molar-refractivity contribution in [2.24, 2.45) is 16.8 Å². The molecule has 1 aromatic carbocycles. The molecule has 1 fully saturated rings. The molecule has 2 rings (SSSR count). The molecule has 0 amide bonds. The molecule has 0 aromatic heterocycles. The van der Waals surface area contributed by atoms with Gasteiger partial charge in [0.05, 0.1) is 10.6 Å². The van der Waals surface area contributed by atoms with Gasteiger partial charge in [0, 0.05) is 30.5 Å². The highest BCUT2D eigenvalue weighted by atomic mass is 35.5. The average Bonchev–Trinajstić information content (AvgIpc) is 2.82. The van der Waals surface area contributed by atoms with E-state index in [1.807, 2.05) is 6.92 Å². The number of halogens is 1. The standard InChI is InChI=1S/C18H27N3O2S.ClH/c1-12(2)8-16-11-24-18(20(16)10-13(3)4)19-17-9-15(21(22)23)7-6-14(17)5;/h6-7,9,12-13,16H,8,10-11H2,1-5H3;1H/t16-;/m1./s1. The van der Waals surface area contributed by atoms with Gasteiger partial charge in [-0.25, -0.2) is 4.99 Å². The molecule has 0 aliphatic carbocycles. The number of rotatable bonds is 6. The molecule has 7 heteroatoms. The van der Waals surface area contributed by atoms with E-state index in [1.54, 1.807) is 23.9 Å². The zero-order valence-corrected chi connectivity index (χ0v) is 17.2. The molecule has 1 heterocycles. The minimum atomic E-state index is -0.363. The molecule has 0 saturated carbocycles. The van der Waals surface area contributed by atoms with Crippen molar-refractivity contribution in [3.05, 3.63) is 33.9 Å². The molecular weight excluding hydrogens is 358 g/mol. The van der Waals surface area contributed by atoms with Gasteiger partial charge in [0.15, 0.2) is 5.17 Å². The Kier molecular flexibility index (Phi) is 8.22. The smallest absolute Gasteiger partial charge is 0.271 e. The van der Waals surface area contributed by atoms with Crippen LogP contribution in [-0.4, -0.2) is 33.3 Å². The van der Waals surface area contributed by atoms with Gasteiger partial charge in [-0.1, -0.05) is 45.5 Å². The summed E-state index contributed by atoms with van der Waals surface area (Å²) in [5, 5.41) is 12.0. The second-order valence-electron chi connectivity index (χ2n) is 7.26. The fourth-order valence-electron chi connectivity index (χ4n) is 2.89. The Hall–Kier alpha value is -1.27. The van der Waals surface area contributed by atoms with E-state index in [2.05, 4.69) is 32.6 Å². The largest absolute Gasteiger partial charge is 0.347 e. The predicted molar refractivity (Wildman–Crippen MR) is 109 cm³/mol. The van der Waals surface area contributed by atoms with E-state index >= 15 is 0 Å². The van der Waals surface area contributed by atoms with Crippen LogP contribution in [0.4, 0.5) is 11.4 Å². The highest BCUT2D eigenvalue weighted by Gasteiger charge is 2.31. The van der Waals surface area contributed by atoms with Crippen LogP contribution in [0.2, 0.25) is 0 Å². The van der Waals surface area contributed by atoms with Crippen LogP contribution in [-0.2, 0) is 0 Å². The van der Waals surface area contributed by atoms with Crippen LogP contribution in [0, 0.1) is 28.9 Å². The van der Waals surface area contributed by atoms with Crippen molar-refractivity contribution in [3.8, 4) is 0 Å². The Bertz CT molecular complexity index is 635. The maximum Gasteiger partial charge on any atom is 0.271 e. The van der Waals surface area contributed by atoms with Crippen molar-refractivity contribution in [2.75, 3.05) is 12.3 Å². The molecule has 1 atom stereocenters. The van der Waals surface area contributed by atoms with E-state index in [0.29, 0.717) is 23.6 Å². The zero-order valence-electron chi connectivity index (χ0n) is 15.6. The third-order valence-electron chi connectivity index (χ3n) is 4.02. The summed E-state index contributed by atoms with van der Waals surface area (Å²) in [5.74, 6) is 2.23. The molecule has 1 aliphatic heterocycles. The Morgan fingerprint density at radius 2 is 2.00 bits per heavy atom. The molecule has 1 saturated heterocycles. The minimum absolute atomic E-state index is 0. The molecular formula is C18H28ClN3O2S. The summed E-state index contributed by atoms with van der Waals surface area (Å²) in [6.07, 6.45) is 1.15. The van der Waals surface area contributed by atoms with Crippen LogP contribution in [0.15, 0.2) is 23.2 Å². The van der Waals surface area contributed by atoms with E-state index in [9.17, 15) is 10.1 Å².